The highest BCUT2D eigenvalue weighted by molar-refractivity contribution is 7.91. The topological polar surface area (TPSA) is 100 Å². The summed E-state index contributed by atoms with van der Waals surface area (Å²) in [5.41, 5.74) is 0.447. The predicted octanol–water partition coefficient (Wildman–Crippen LogP) is 1.41. The van der Waals surface area contributed by atoms with Crippen molar-refractivity contribution in [1.82, 2.24) is 9.88 Å². The average Bonchev–Trinajstić information content (AvgIpc) is 2.63. The number of hydrogen-bond donors (Lipinski definition) is 0. The van der Waals surface area contributed by atoms with E-state index in [1.54, 1.807) is 35.2 Å². The lowest BCUT2D eigenvalue weighted by Crippen LogP contribution is -2.56. The Balaban J connectivity index is 1.45. The number of aromatic nitrogens is 1. The molecule has 26 heavy (non-hydrogen) atoms. The van der Waals surface area contributed by atoms with Crippen molar-refractivity contribution >= 4 is 15.7 Å². The summed E-state index contributed by atoms with van der Waals surface area (Å²) in [5.74, 6) is -0.0282. The fourth-order valence-electron chi connectivity index (χ4n) is 2.53. The van der Waals surface area contributed by atoms with Crippen LogP contribution in [-0.2, 0) is 14.6 Å². The van der Waals surface area contributed by atoms with Gasteiger partial charge in [-0.05, 0) is 18.2 Å². The number of likely N-dealkylation sites (tertiary alicyclic amines) is 1. The molecule has 1 aliphatic heterocycles. The van der Waals surface area contributed by atoms with E-state index in [4.69, 9.17) is 10.00 Å². The largest absolute Gasteiger partial charge is 0.471 e. The molecule has 8 heteroatoms. The number of ether oxygens (including phenoxy) is 1. The van der Waals surface area contributed by atoms with Crippen LogP contribution in [0.4, 0.5) is 0 Å². The SMILES string of the molecule is N#Cc1ccc(OC2CN(C(=O)CCS(=O)(=O)c3ccccc3)C2)nc1. The van der Waals surface area contributed by atoms with Crippen molar-refractivity contribution in [2.75, 3.05) is 18.8 Å². The van der Waals surface area contributed by atoms with Crippen molar-refractivity contribution in [2.45, 2.75) is 17.4 Å². The molecule has 1 aromatic carbocycles. The fraction of sp³-hybridized carbons (Fsp3) is 0.278. The molecule has 0 atom stereocenters. The molecule has 0 saturated carbocycles. The van der Waals surface area contributed by atoms with E-state index < -0.39 is 9.84 Å². The van der Waals surface area contributed by atoms with Gasteiger partial charge >= 0.3 is 0 Å². The van der Waals surface area contributed by atoms with Crippen LogP contribution in [0.3, 0.4) is 0 Å². The molecule has 1 amide bonds. The van der Waals surface area contributed by atoms with Gasteiger partial charge in [-0.2, -0.15) is 5.26 Å². The number of rotatable bonds is 6. The maximum absolute atomic E-state index is 12.2. The van der Waals surface area contributed by atoms with E-state index in [1.807, 2.05) is 6.07 Å². The lowest BCUT2D eigenvalue weighted by Gasteiger charge is -2.38. The van der Waals surface area contributed by atoms with Crippen LogP contribution in [0.1, 0.15) is 12.0 Å². The van der Waals surface area contributed by atoms with Gasteiger partial charge in [-0.25, -0.2) is 13.4 Å². The minimum Gasteiger partial charge on any atom is -0.471 e. The van der Waals surface area contributed by atoms with E-state index >= 15 is 0 Å². The summed E-state index contributed by atoms with van der Waals surface area (Å²) in [6, 6.07) is 13.3. The maximum Gasteiger partial charge on any atom is 0.223 e. The van der Waals surface area contributed by atoms with Crippen LogP contribution in [0.25, 0.3) is 0 Å². The zero-order valence-electron chi connectivity index (χ0n) is 13.9. The molecular formula is C18H17N3O4S. The van der Waals surface area contributed by atoms with Crippen LogP contribution < -0.4 is 4.74 Å². The van der Waals surface area contributed by atoms with Crippen LogP contribution in [0.5, 0.6) is 5.88 Å². The Morgan fingerprint density at radius 1 is 1.23 bits per heavy atom. The summed E-state index contributed by atoms with van der Waals surface area (Å²) in [5, 5.41) is 8.73. The van der Waals surface area contributed by atoms with E-state index in [-0.39, 0.29) is 29.1 Å². The first kappa shape index (κ1) is 17.9. The first-order chi connectivity index (χ1) is 12.5. The van der Waals surface area contributed by atoms with Crippen molar-refractivity contribution in [2.24, 2.45) is 0 Å². The number of hydrogen-bond acceptors (Lipinski definition) is 6. The summed E-state index contributed by atoms with van der Waals surface area (Å²) in [4.78, 5) is 17.9. The van der Waals surface area contributed by atoms with Gasteiger partial charge in [0.15, 0.2) is 9.84 Å². The highest BCUT2D eigenvalue weighted by atomic mass is 32.2. The molecule has 1 aromatic heterocycles. The minimum absolute atomic E-state index is 0.0565. The molecule has 1 fully saturated rings. The normalized spacial score (nSPS) is 14.3. The highest BCUT2D eigenvalue weighted by Crippen LogP contribution is 2.18. The molecular weight excluding hydrogens is 354 g/mol. The zero-order valence-corrected chi connectivity index (χ0v) is 14.7. The van der Waals surface area contributed by atoms with Gasteiger partial charge in [-0.3, -0.25) is 4.79 Å². The molecule has 1 saturated heterocycles. The van der Waals surface area contributed by atoms with Gasteiger partial charge in [0.25, 0.3) is 0 Å². The van der Waals surface area contributed by atoms with Gasteiger partial charge in [-0.15, -0.1) is 0 Å². The number of benzene rings is 1. The van der Waals surface area contributed by atoms with E-state index in [1.165, 1.54) is 18.3 Å². The van der Waals surface area contributed by atoms with Crippen molar-refractivity contribution in [3.05, 3.63) is 54.2 Å². The molecule has 0 bridgehead atoms. The summed E-state index contributed by atoms with van der Waals surface area (Å²) in [7, 11) is -3.46. The Morgan fingerprint density at radius 3 is 2.58 bits per heavy atom. The Hall–Kier alpha value is -2.92. The summed E-state index contributed by atoms with van der Waals surface area (Å²) >= 11 is 0. The Kier molecular flexibility index (Phi) is 5.19. The van der Waals surface area contributed by atoms with Gasteiger partial charge in [-0.1, -0.05) is 18.2 Å². The Bertz CT molecular complexity index is 915. The van der Waals surface area contributed by atoms with Gasteiger partial charge in [0.1, 0.15) is 12.2 Å². The molecule has 0 radical (unpaired) electrons. The smallest absolute Gasteiger partial charge is 0.223 e. The van der Waals surface area contributed by atoms with E-state index in [2.05, 4.69) is 4.98 Å². The van der Waals surface area contributed by atoms with E-state index in [0.717, 1.165) is 0 Å². The number of nitriles is 1. The minimum atomic E-state index is -3.46. The summed E-state index contributed by atoms with van der Waals surface area (Å²) in [6.45, 7) is 0.789. The summed E-state index contributed by atoms with van der Waals surface area (Å²) < 4.78 is 30.0. The van der Waals surface area contributed by atoms with Crippen molar-refractivity contribution < 1.29 is 17.9 Å². The molecule has 0 spiro atoms. The van der Waals surface area contributed by atoms with Crippen LogP contribution in [-0.4, -0.2) is 49.2 Å². The fourth-order valence-corrected chi connectivity index (χ4v) is 3.78. The lowest BCUT2D eigenvalue weighted by atomic mass is 10.1. The molecule has 0 N–H and O–H groups in total. The van der Waals surface area contributed by atoms with Gasteiger partial charge < -0.3 is 9.64 Å². The first-order valence-electron chi connectivity index (χ1n) is 8.06. The number of pyridine rings is 1. The molecule has 7 nitrogen and oxygen atoms in total. The Morgan fingerprint density at radius 2 is 1.96 bits per heavy atom. The second-order valence-electron chi connectivity index (χ2n) is 5.92. The average molecular weight is 371 g/mol. The Labute approximate surface area is 151 Å². The van der Waals surface area contributed by atoms with Crippen molar-refractivity contribution in [1.29, 1.82) is 5.26 Å². The molecule has 2 heterocycles. The third kappa shape index (κ3) is 4.18. The maximum atomic E-state index is 12.2. The second kappa shape index (κ2) is 7.54. The molecule has 0 aliphatic carbocycles. The molecule has 3 rings (SSSR count). The standard InChI is InChI=1S/C18H17N3O4S/c19-10-14-6-7-17(20-11-14)25-15-12-21(13-15)18(22)8-9-26(23,24)16-4-2-1-3-5-16/h1-7,11,15H,8-9,12-13H2. The van der Waals surface area contributed by atoms with Gasteiger partial charge in [0.05, 0.1) is 29.3 Å². The molecule has 134 valence electrons. The van der Waals surface area contributed by atoms with Crippen LogP contribution in [0, 0.1) is 11.3 Å². The number of nitrogens with zero attached hydrogens (tertiary/aromatic N) is 3. The van der Waals surface area contributed by atoms with E-state index in [0.29, 0.717) is 24.5 Å². The highest BCUT2D eigenvalue weighted by Gasteiger charge is 2.33. The third-order valence-corrected chi connectivity index (χ3v) is 5.77. The third-order valence-electron chi connectivity index (χ3n) is 4.04. The van der Waals surface area contributed by atoms with Gasteiger partial charge in [0, 0.05) is 18.7 Å². The molecule has 1 aliphatic rings. The van der Waals surface area contributed by atoms with Crippen LogP contribution >= 0.6 is 0 Å². The number of carbonyl (C=O) groups excluding carboxylic acids is 1. The van der Waals surface area contributed by atoms with Crippen molar-refractivity contribution in [3.8, 4) is 11.9 Å². The van der Waals surface area contributed by atoms with Gasteiger partial charge in [0.2, 0.25) is 11.8 Å². The van der Waals surface area contributed by atoms with Crippen LogP contribution in [0.2, 0.25) is 0 Å². The number of amides is 1. The van der Waals surface area contributed by atoms with Crippen molar-refractivity contribution in [3.63, 3.8) is 0 Å². The van der Waals surface area contributed by atoms with E-state index in [9.17, 15) is 13.2 Å². The second-order valence-corrected chi connectivity index (χ2v) is 8.03. The molecule has 0 unspecified atom stereocenters. The predicted molar refractivity (Wildman–Crippen MR) is 93.1 cm³/mol. The first-order valence-corrected chi connectivity index (χ1v) is 9.71. The monoisotopic (exact) mass is 371 g/mol. The number of carbonyl (C=O) groups is 1. The van der Waals surface area contributed by atoms with Crippen LogP contribution in [0.15, 0.2) is 53.6 Å². The molecule has 2 aromatic rings. The zero-order chi connectivity index (χ0) is 18.6. The number of sulfone groups is 1. The quantitative estimate of drug-likeness (QED) is 0.761. The summed E-state index contributed by atoms with van der Waals surface area (Å²) in [6.07, 6.45) is 1.19. The lowest BCUT2D eigenvalue weighted by molar-refractivity contribution is -0.139.